The number of nitrogens with zero attached hydrogens (tertiary/aromatic N) is 1. The van der Waals surface area contributed by atoms with Gasteiger partial charge in [0.25, 0.3) is 0 Å². The van der Waals surface area contributed by atoms with Gasteiger partial charge in [0.2, 0.25) is 9.84 Å². The maximum Gasteiger partial charge on any atom is 0.209 e. The summed E-state index contributed by atoms with van der Waals surface area (Å²) in [6.07, 6.45) is 0. The van der Waals surface area contributed by atoms with Crippen molar-refractivity contribution in [2.45, 2.75) is 9.79 Å². The normalized spacial score (nSPS) is 15.0. The molecular formula is C19H13NO2S. The van der Waals surface area contributed by atoms with Crippen LogP contribution in [0, 0.1) is 0 Å². The Hall–Kier alpha value is -2.59. The van der Waals surface area contributed by atoms with Gasteiger partial charge >= 0.3 is 0 Å². The van der Waals surface area contributed by atoms with E-state index in [2.05, 4.69) is 0 Å². The van der Waals surface area contributed by atoms with Crippen LogP contribution in [0.4, 0.5) is 0 Å². The van der Waals surface area contributed by atoms with Gasteiger partial charge in [0.15, 0.2) is 0 Å². The summed E-state index contributed by atoms with van der Waals surface area (Å²) in [4.78, 5) is 0.850. The lowest BCUT2D eigenvalue weighted by molar-refractivity contribution is 0.599. The zero-order valence-corrected chi connectivity index (χ0v) is 13.3. The minimum Gasteiger partial charge on any atom is -0.343 e. The van der Waals surface area contributed by atoms with Gasteiger partial charge in [0.1, 0.15) is 4.90 Å². The Morgan fingerprint density at radius 1 is 0.783 bits per heavy atom. The first-order chi connectivity index (χ1) is 11.1. The quantitative estimate of drug-likeness (QED) is 0.430. The van der Waals surface area contributed by atoms with Crippen LogP contribution in [-0.4, -0.2) is 13.0 Å². The van der Waals surface area contributed by atoms with Gasteiger partial charge in [-0.2, -0.15) is 0 Å². The molecule has 3 nitrogen and oxygen atoms in total. The Bertz CT molecular complexity index is 1230. The van der Waals surface area contributed by atoms with E-state index in [4.69, 9.17) is 0 Å². The predicted molar refractivity (Wildman–Crippen MR) is 91.3 cm³/mol. The molecule has 0 spiro atoms. The van der Waals surface area contributed by atoms with Crippen molar-refractivity contribution in [2.75, 3.05) is 0 Å². The Kier molecular flexibility index (Phi) is 2.26. The molecule has 0 bridgehead atoms. The summed E-state index contributed by atoms with van der Waals surface area (Å²) in [5.41, 5.74) is 3.44. The van der Waals surface area contributed by atoms with Gasteiger partial charge in [-0.15, -0.1) is 0 Å². The molecule has 3 aromatic carbocycles. The highest BCUT2D eigenvalue weighted by atomic mass is 32.2. The second kappa shape index (κ2) is 4.03. The van der Waals surface area contributed by atoms with E-state index in [9.17, 15) is 8.42 Å². The largest absolute Gasteiger partial charge is 0.343 e. The molecule has 0 aliphatic carbocycles. The van der Waals surface area contributed by atoms with Crippen molar-refractivity contribution in [3.05, 3.63) is 60.7 Å². The zero-order chi connectivity index (χ0) is 15.8. The molecule has 23 heavy (non-hydrogen) atoms. The van der Waals surface area contributed by atoms with Crippen molar-refractivity contribution < 1.29 is 8.42 Å². The van der Waals surface area contributed by atoms with Gasteiger partial charge in [0, 0.05) is 34.5 Å². The SMILES string of the molecule is Cn1c2ccccc2c2ccc3c(c21)S(=O)(=O)c1ccccc1-3. The van der Waals surface area contributed by atoms with Gasteiger partial charge < -0.3 is 4.57 Å². The molecule has 4 aromatic rings. The van der Waals surface area contributed by atoms with Crippen LogP contribution in [-0.2, 0) is 16.9 Å². The molecule has 0 amide bonds. The highest BCUT2D eigenvalue weighted by Crippen LogP contribution is 2.47. The second-order valence-corrected chi connectivity index (χ2v) is 7.77. The zero-order valence-electron chi connectivity index (χ0n) is 12.4. The molecule has 0 unspecified atom stereocenters. The van der Waals surface area contributed by atoms with Crippen LogP contribution in [0.2, 0.25) is 0 Å². The third-order valence-electron chi connectivity index (χ3n) is 4.76. The van der Waals surface area contributed by atoms with Crippen LogP contribution >= 0.6 is 0 Å². The monoisotopic (exact) mass is 319 g/mol. The number of hydrogen-bond donors (Lipinski definition) is 0. The fourth-order valence-electron chi connectivity index (χ4n) is 3.75. The van der Waals surface area contributed by atoms with Crippen molar-refractivity contribution in [2.24, 2.45) is 7.05 Å². The number of sulfone groups is 1. The first-order valence-corrected chi connectivity index (χ1v) is 8.93. The first kappa shape index (κ1) is 12.9. The standard InChI is InChI=1S/C19H13NO2S/c1-20-16-8-4-2-6-12(16)14-10-11-15-13-7-3-5-9-17(13)23(21,22)19(15)18(14)20/h2-11H,1H3. The van der Waals surface area contributed by atoms with Crippen LogP contribution in [0.5, 0.6) is 0 Å². The third-order valence-corrected chi connectivity index (χ3v) is 6.64. The summed E-state index contributed by atoms with van der Waals surface area (Å²) in [6, 6.07) is 19.2. The highest BCUT2D eigenvalue weighted by molar-refractivity contribution is 7.92. The fraction of sp³-hybridized carbons (Fsp3) is 0.0526. The van der Waals surface area contributed by atoms with E-state index in [1.54, 1.807) is 12.1 Å². The van der Waals surface area contributed by atoms with E-state index in [-0.39, 0.29) is 0 Å². The summed E-state index contributed by atoms with van der Waals surface area (Å²) in [5.74, 6) is 0. The molecule has 1 aromatic heterocycles. The number of aryl methyl sites for hydroxylation is 1. The van der Waals surface area contributed by atoms with Crippen LogP contribution in [0.1, 0.15) is 0 Å². The lowest BCUT2D eigenvalue weighted by atomic mass is 10.0. The van der Waals surface area contributed by atoms with E-state index in [1.165, 1.54) is 0 Å². The van der Waals surface area contributed by atoms with Crippen LogP contribution < -0.4 is 0 Å². The Labute approximate surface area is 133 Å². The van der Waals surface area contributed by atoms with Crippen molar-refractivity contribution in [3.63, 3.8) is 0 Å². The van der Waals surface area contributed by atoms with E-state index in [0.29, 0.717) is 9.79 Å². The summed E-state index contributed by atoms with van der Waals surface area (Å²) < 4.78 is 28.2. The topological polar surface area (TPSA) is 39.1 Å². The molecule has 4 heteroatoms. The number of para-hydroxylation sites is 1. The molecule has 1 aliphatic rings. The molecule has 0 saturated heterocycles. The molecule has 0 saturated carbocycles. The lowest BCUT2D eigenvalue weighted by Gasteiger charge is -2.05. The average molecular weight is 319 g/mol. The first-order valence-electron chi connectivity index (χ1n) is 7.45. The molecule has 0 fully saturated rings. The molecule has 1 aliphatic heterocycles. The van der Waals surface area contributed by atoms with Crippen LogP contribution in [0.25, 0.3) is 32.9 Å². The molecule has 112 valence electrons. The second-order valence-electron chi connectivity index (χ2n) is 5.91. The summed E-state index contributed by atoms with van der Waals surface area (Å²) in [5, 5.41) is 2.07. The van der Waals surface area contributed by atoms with E-state index >= 15 is 0 Å². The number of fused-ring (bicyclic) bond motifs is 7. The van der Waals surface area contributed by atoms with Gasteiger partial charge in [-0.25, -0.2) is 8.42 Å². The van der Waals surface area contributed by atoms with E-state index in [1.807, 2.05) is 60.1 Å². The fourth-order valence-corrected chi connectivity index (χ4v) is 5.67. The van der Waals surface area contributed by atoms with E-state index in [0.717, 1.165) is 32.9 Å². The maximum atomic E-state index is 13.1. The number of aromatic nitrogens is 1. The maximum absolute atomic E-state index is 13.1. The number of rotatable bonds is 0. The van der Waals surface area contributed by atoms with Crippen molar-refractivity contribution in [1.29, 1.82) is 0 Å². The number of benzene rings is 3. The Morgan fingerprint density at radius 2 is 1.52 bits per heavy atom. The minimum atomic E-state index is -3.48. The Morgan fingerprint density at radius 3 is 2.39 bits per heavy atom. The minimum absolute atomic E-state index is 0.410. The molecular weight excluding hydrogens is 306 g/mol. The van der Waals surface area contributed by atoms with Crippen molar-refractivity contribution >= 4 is 31.6 Å². The van der Waals surface area contributed by atoms with Crippen molar-refractivity contribution in [1.82, 2.24) is 4.57 Å². The van der Waals surface area contributed by atoms with Gasteiger partial charge in [-0.1, -0.05) is 48.5 Å². The summed E-state index contributed by atoms with van der Waals surface area (Å²) in [7, 11) is -1.55. The Balaban J connectivity index is 2.08. The highest BCUT2D eigenvalue weighted by Gasteiger charge is 2.35. The molecule has 0 radical (unpaired) electrons. The molecule has 0 N–H and O–H groups in total. The molecule has 0 atom stereocenters. The lowest BCUT2D eigenvalue weighted by Crippen LogP contribution is -2.00. The molecule has 5 rings (SSSR count). The van der Waals surface area contributed by atoms with Gasteiger partial charge in [-0.05, 0) is 12.1 Å². The average Bonchev–Trinajstić information content (AvgIpc) is 2.99. The van der Waals surface area contributed by atoms with Gasteiger partial charge in [-0.3, -0.25) is 0 Å². The van der Waals surface area contributed by atoms with E-state index < -0.39 is 9.84 Å². The number of hydrogen-bond acceptors (Lipinski definition) is 2. The molecule has 2 heterocycles. The summed E-state index contributed by atoms with van der Waals surface area (Å²) in [6.45, 7) is 0. The van der Waals surface area contributed by atoms with Crippen molar-refractivity contribution in [3.8, 4) is 11.1 Å². The van der Waals surface area contributed by atoms with Crippen LogP contribution in [0.15, 0.2) is 70.5 Å². The summed E-state index contributed by atoms with van der Waals surface area (Å²) >= 11 is 0. The van der Waals surface area contributed by atoms with Gasteiger partial charge in [0.05, 0.1) is 10.4 Å². The van der Waals surface area contributed by atoms with Crippen LogP contribution in [0.3, 0.4) is 0 Å². The predicted octanol–water partition coefficient (Wildman–Crippen LogP) is 4.14. The smallest absolute Gasteiger partial charge is 0.209 e. The third kappa shape index (κ3) is 1.42.